The summed E-state index contributed by atoms with van der Waals surface area (Å²) < 4.78 is 1.13. The number of thiazole rings is 1. The van der Waals surface area contributed by atoms with Gasteiger partial charge in [-0.2, -0.15) is 0 Å². The maximum atomic E-state index is 10.3. The number of fused-ring (bicyclic) bond motifs is 1. The van der Waals surface area contributed by atoms with Crippen molar-refractivity contribution in [1.82, 2.24) is 4.98 Å². The molecule has 1 N–H and O–H groups in total. The Bertz CT molecular complexity index is 901. The van der Waals surface area contributed by atoms with Crippen LogP contribution in [0.2, 0.25) is 0 Å². The first-order chi connectivity index (χ1) is 11.7. The minimum atomic E-state index is -0.0121. The van der Waals surface area contributed by atoms with E-state index in [9.17, 15) is 5.11 Å². The largest absolute Gasteiger partial charge is 0.507 e. The molecule has 2 nitrogen and oxygen atoms in total. The molecule has 25 heavy (non-hydrogen) atoms. The van der Waals surface area contributed by atoms with E-state index >= 15 is 0 Å². The van der Waals surface area contributed by atoms with Crippen LogP contribution >= 0.6 is 11.3 Å². The van der Waals surface area contributed by atoms with Gasteiger partial charge < -0.3 is 5.11 Å². The molecule has 0 atom stereocenters. The zero-order valence-corrected chi connectivity index (χ0v) is 17.0. The van der Waals surface area contributed by atoms with Crippen LogP contribution in [0.5, 0.6) is 5.75 Å². The molecule has 0 saturated heterocycles. The Balaban J connectivity index is 0.00000182. The average Bonchev–Trinajstić information content (AvgIpc) is 3.23. The third-order valence-electron chi connectivity index (χ3n) is 4.99. The maximum Gasteiger partial charge on any atom is 0.128 e. The Hall–Kier alpha value is -1.66. The summed E-state index contributed by atoms with van der Waals surface area (Å²) in [4.78, 5) is 4.67. The van der Waals surface area contributed by atoms with Gasteiger partial charge in [0, 0.05) is 25.5 Å². The summed E-state index contributed by atoms with van der Waals surface area (Å²) in [6.45, 7) is 0. The first-order valence-electron chi connectivity index (χ1n) is 8.35. The average molecular weight is 526 g/mol. The van der Waals surface area contributed by atoms with Gasteiger partial charge in [-0.15, -0.1) is 17.8 Å². The second-order valence-electron chi connectivity index (χ2n) is 6.65. The Morgan fingerprint density at radius 2 is 1.92 bits per heavy atom. The number of aromatic hydroxyl groups is 1. The number of aromatic nitrogens is 1. The van der Waals surface area contributed by atoms with Crippen LogP contribution in [0.1, 0.15) is 31.2 Å². The van der Waals surface area contributed by atoms with Crippen LogP contribution in [0.4, 0.5) is 0 Å². The predicted molar refractivity (Wildman–Crippen MR) is 100 cm³/mol. The minimum absolute atomic E-state index is 0. The fraction of sp³-hybridized carbons (Fsp3) is 0.286. The van der Waals surface area contributed by atoms with E-state index in [-0.39, 0.29) is 31.3 Å². The van der Waals surface area contributed by atoms with Gasteiger partial charge in [0.25, 0.3) is 0 Å². The molecule has 4 heteroatoms. The van der Waals surface area contributed by atoms with Gasteiger partial charge in [0.2, 0.25) is 0 Å². The van der Waals surface area contributed by atoms with Crippen molar-refractivity contribution in [3.63, 3.8) is 0 Å². The monoisotopic (exact) mass is 526 g/mol. The molecule has 1 heterocycles. The van der Waals surface area contributed by atoms with Crippen LogP contribution in [-0.4, -0.2) is 10.1 Å². The molecule has 1 fully saturated rings. The number of terminal acetylenes is 1. The second kappa shape index (κ2) is 7.30. The van der Waals surface area contributed by atoms with Crippen LogP contribution in [-0.2, 0) is 26.5 Å². The van der Waals surface area contributed by atoms with E-state index in [0.29, 0.717) is 0 Å². The summed E-state index contributed by atoms with van der Waals surface area (Å²) in [7, 11) is 0. The third-order valence-corrected chi connectivity index (χ3v) is 6.06. The molecule has 4 rings (SSSR count). The van der Waals surface area contributed by atoms with E-state index in [1.54, 1.807) is 17.4 Å². The van der Waals surface area contributed by atoms with Crippen molar-refractivity contribution in [2.75, 3.05) is 0 Å². The fourth-order valence-corrected chi connectivity index (χ4v) is 4.66. The Morgan fingerprint density at radius 3 is 2.64 bits per heavy atom. The van der Waals surface area contributed by atoms with E-state index < -0.39 is 0 Å². The zero-order chi connectivity index (χ0) is 16.6. The number of phenolic OH excluding ortho intramolecular Hbond substituents is 1. The van der Waals surface area contributed by atoms with E-state index in [2.05, 4.69) is 23.0 Å². The summed E-state index contributed by atoms with van der Waals surface area (Å²) in [5, 5.41) is 11.2. The zero-order valence-electron chi connectivity index (χ0n) is 13.8. The van der Waals surface area contributed by atoms with Gasteiger partial charge in [0.05, 0.1) is 15.8 Å². The third kappa shape index (κ3) is 3.51. The molecule has 1 aliphatic carbocycles. The Kier molecular flexibility index (Phi) is 5.29. The van der Waals surface area contributed by atoms with Crippen LogP contribution in [0.15, 0.2) is 42.5 Å². The number of nitrogens with zero attached hydrogens (tertiary/aromatic N) is 1. The van der Waals surface area contributed by atoms with Crippen molar-refractivity contribution >= 4 is 21.6 Å². The summed E-state index contributed by atoms with van der Waals surface area (Å²) in [6, 6.07) is 13.9. The number of hydrogen-bond donors (Lipinski definition) is 1. The van der Waals surface area contributed by atoms with Crippen molar-refractivity contribution in [2.24, 2.45) is 5.41 Å². The van der Waals surface area contributed by atoms with Gasteiger partial charge >= 0.3 is 0 Å². The minimum Gasteiger partial charge on any atom is -0.507 e. The summed E-state index contributed by atoms with van der Waals surface area (Å²) in [5.41, 5.74) is 2.95. The Morgan fingerprint density at radius 1 is 1.16 bits per heavy atom. The first kappa shape index (κ1) is 18.1. The van der Waals surface area contributed by atoms with Gasteiger partial charge in [-0.1, -0.05) is 37.0 Å². The van der Waals surface area contributed by atoms with Gasteiger partial charge in [-0.05, 0) is 49.1 Å². The Labute approximate surface area is 165 Å². The number of rotatable bonds is 3. The van der Waals surface area contributed by atoms with Crippen LogP contribution in [0, 0.1) is 17.8 Å². The number of benzene rings is 2. The van der Waals surface area contributed by atoms with Crippen molar-refractivity contribution in [1.29, 1.82) is 0 Å². The van der Waals surface area contributed by atoms with E-state index in [0.717, 1.165) is 40.1 Å². The number of para-hydroxylation sites is 1. The molecule has 1 radical (unpaired) electrons. The molecular weight excluding hydrogens is 507 g/mol. The van der Waals surface area contributed by atoms with E-state index in [1.807, 2.05) is 24.3 Å². The maximum absolute atomic E-state index is 10.3. The second-order valence-corrected chi connectivity index (χ2v) is 7.68. The molecular formula is C21H19IrNOS. The molecule has 1 saturated carbocycles. The van der Waals surface area contributed by atoms with Gasteiger partial charge in [0.1, 0.15) is 10.8 Å². The molecule has 2 aromatic carbocycles. The predicted octanol–water partition coefficient (Wildman–Crippen LogP) is 5.40. The molecule has 0 amide bonds. The molecule has 1 aliphatic rings. The molecule has 0 aliphatic heterocycles. The SMILES string of the molecule is C#CC1(Cc2ccc(O)c(-c3nc4ccccc4s3)c2)CCCC1.[Ir]. The van der Waals surface area contributed by atoms with Crippen LogP contribution < -0.4 is 0 Å². The molecule has 1 aromatic heterocycles. The topological polar surface area (TPSA) is 33.1 Å². The smallest absolute Gasteiger partial charge is 0.128 e. The molecule has 129 valence electrons. The van der Waals surface area contributed by atoms with Crippen molar-refractivity contribution < 1.29 is 25.2 Å². The van der Waals surface area contributed by atoms with Crippen LogP contribution in [0.25, 0.3) is 20.8 Å². The standard InChI is InChI=1S/C21H19NOS.Ir/c1-2-21(11-5-6-12-21)14-15-9-10-18(23)16(13-15)20-22-17-7-3-4-8-19(17)24-20;/h1,3-4,7-10,13,23H,5-6,11-12,14H2;. The normalized spacial score (nSPS) is 15.6. The van der Waals surface area contributed by atoms with Gasteiger partial charge in [0.15, 0.2) is 0 Å². The van der Waals surface area contributed by atoms with Gasteiger partial charge in [-0.25, -0.2) is 4.98 Å². The van der Waals surface area contributed by atoms with Crippen molar-refractivity contribution in [3.8, 4) is 28.7 Å². The molecule has 3 aromatic rings. The molecule has 0 bridgehead atoms. The van der Waals surface area contributed by atoms with E-state index in [4.69, 9.17) is 6.42 Å². The summed E-state index contributed by atoms with van der Waals surface area (Å²) >= 11 is 1.61. The fourth-order valence-electron chi connectivity index (χ4n) is 3.67. The summed E-state index contributed by atoms with van der Waals surface area (Å²) in [5.74, 6) is 3.32. The van der Waals surface area contributed by atoms with Gasteiger partial charge in [-0.3, -0.25) is 0 Å². The first-order valence-corrected chi connectivity index (χ1v) is 9.16. The quantitative estimate of drug-likeness (QED) is 0.465. The molecule has 0 spiro atoms. The number of phenols is 1. The summed E-state index contributed by atoms with van der Waals surface area (Å²) in [6.07, 6.45) is 11.3. The molecule has 0 unspecified atom stereocenters. The van der Waals surface area contributed by atoms with Crippen LogP contribution in [0.3, 0.4) is 0 Å². The van der Waals surface area contributed by atoms with Crippen molar-refractivity contribution in [3.05, 3.63) is 48.0 Å². The number of hydrogen-bond acceptors (Lipinski definition) is 3. The van der Waals surface area contributed by atoms with Crippen molar-refractivity contribution in [2.45, 2.75) is 32.1 Å². The van der Waals surface area contributed by atoms with E-state index in [1.165, 1.54) is 18.4 Å².